The van der Waals surface area contributed by atoms with Crippen LogP contribution in [0.5, 0.6) is 0 Å². The van der Waals surface area contributed by atoms with Crippen molar-refractivity contribution in [1.29, 1.82) is 0 Å². The van der Waals surface area contributed by atoms with Crippen LogP contribution in [0.3, 0.4) is 0 Å². The molecule has 0 aliphatic carbocycles. The van der Waals surface area contributed by atoms with Crippen molar-refractivity contribution in [2.45, 2.75) is 293 Å². The molecule has 12 unspecified atom stereocenters. The first-order valence-corrected chi connectivity index (χ1v) is 31.5. The SMILES string of the molecule is CC/C=C\C/C=C\C/C=C\C/C=C\C/C=C\C/C=C\C/C=C\CCCCCC(=O)NC(COC1OC(CO)C(OC2OC(CO)C(O)C(O)C2O)C(O)C1O)C(O)/C=C/CCCCCCCCCCCCCCCCCCCCC. The van der Waals surface area contributed by atoms with Crippen molar-refractivity contribution in [3.63, 3.8) is 0 Å². The van der Waals surface area contributed by atoms with Crippen molar-refractivity contribution in [1.82, 2.24) is 5.32 Å². The van der Waals surface area contributed by atoms with E-state index >= 15 is 0 Å². The highest BCUT2D eigenvalue weighted by atomic mass is 16.7. The Morgan fingerprint density at radius 3 is 1.32 bits per heavy atom. The second-order valence-electron chi connectivity index (χ2n) is 21.8. The normalized spacial score (nSPS) is 24.9. The van der Waals surface area contributed by atoms with E-state index in [2.05, 4.69) is 104 Å². The Balaban J connectivity index is 1.78. The first kappa shape index (κ1) is 73.0. The number of amides is 1. The Morgan fingerprint density at radius 2 is 0.863 bits per heavy atom. The van der Waals surface area contributed by atoms with E-state index in [0.29, 0.717) is 6.42 Å². The maximum atomic E-state index is 13.3. The van der Waals surface area contributed by atoms with Crippen LogP contribution in [0.2, 0.25) is 0 Å². The smallest absolute Gasteiger partial charge is 0.220 e. The van der Waals surface area contributed by atoms with Gasteiger partial charge in [0.15, 0.2) is 12.6 Å². The number of hydrogen-bond acceptors (Lipinski definition) is 13. The van der Waals surface area contributed by atoms with Gasteiger partial charge in [-0.05, 0) is 77.0 Å². The lowest BCUT2D eigenvalue weighted by Gasteiger charge is -2.46. The Kier molecular flexibility index (Phi) is 46.0. The van der Waals surface area contributed by atoms with Crippen LogP contribution in [-0.2, 0) is 23.7 Å². The Bertz CT molecular complexity index is 1710. The summed E-state index contributed by atoms with van der Waals surface area (Å²) in [6.07, 6.45) is 52.9. The minimum atomic E-state index is -1.80. The molecule has 2 fully saturated rings. The molecule has 2 heterocycles. The number of rotatable bonds is 49. The zero-order valence-electron chi connectivity index (χ0n) is 49.5. The van der Waals surface area contributed by atoms with Crippen LogP contribution in [0.1, 0.15) is 219 Å². The minimum Gasteiger partial charge on any atom is -0.394 e. The van der Waals surface area contributed by atoms with Crippen LogP contribution < -0.4 is 5.32 Å². The van der Waals surface area contributed by atoms with Crippen LogP contribution in [0.4, 0.5) is 0 Å². The molecule has 0 bridgehead atoms. The summed E-state index contributed by atoms with van der Waals surface area (Å²) in [5, 5.41) is 87.2. The Hall–Kier alpha value is -3.09. The second-order valence-corrected chi connectivity index (χ2v) is 21.8. The van der Waals surface area contributed by atoms with Crippen LogP contribution in [-0.4, -0.2) is 140 Å². The van der Waals surface area contributed by atoms with Gasteiger partial charge in [0.05, 0.1) is 32.0 Å². The van der Waals surface area contributed by atoms with Crippen LogP contribution in [0.25, 0.3) is 0 Å². The lowest BCUT2D eigenvalue weighted by atomic mass is 9.97. The van der Waals surface area contributed by atoms with Gasteiger partial charge >= 0.3 is 0 Å². The highest BCUT2D eigenvalue weighted by Gasteiger charge is 2.51. The number of carbonyl (C=O) groups is 1. The first-order chi connectivity index (χ1) is 39.1. The van der Waals surface area contributed by atoms with Gasteiger partial charge in [-0.2, -0.15) is 0 Å². The van der Waals surface area contributed by atoms with Gasteiger partial charge in [-0.15, -0.1) is 0 Å². The molecule has 2 rings (SSSR count). The molecule has 2 aliphatic rings. The van der Waals surface area contributed by atoms with E-state index in [9.17, 15) is 45.6 Å². The molecular formula is C66H113NO13. The highest BCUT2D eigenvalue weighted by Crippen LogP contribution is 2.30. The van der Waals surface area contributed by atoms with Crippen molar-refractivity contribution >= 4 is 5.91 Å². The van der Waals surface area contributed by atoms with E-state index in [1.807, 2.05) is 6.08 Å². The van der Waals surface area contributed by atoms with Gasteiger partial charge in [-0.1, -0.05) is 233 Å². The highest BCUT2D eigenvalue weighted by molar-refractivity contribution is 5.76. The summed E-state index contributed by atoms with van der Waals surface area (Å²) in [5.74, 6) is -0.274. The fourth-order valence-corrected chi connectivity index (χ4v) is 9.74. The number of unbranched alkanes of at least 4 members (excludes halogenated alkanes) is 22. The lowest BCUT2D eigenvalue weighted by Crippen LogP contribution is -2.65. The average Bonchev–Trinajstić information content (AvgIpc) is 3.49. The molecule has 80 heavy (non-hydrogen) atoms. The van der Waals surface area contributed by atoms with Gasteiger partial charge in [0.1, 0.15) is 48.8 Å². The summed E-state index contributed by atoms with van der Waals surface area (Å²) in [7, 11) is 0. The molecule has 0 spiro atoms. The number of allylic oxidation sites excluding steroid dienone is 15. The topological polar surface area (TPSA) is 228 Å². The molecule has 0 radical (unpaired) electrons. The fraction of sp³-hybridized carbons (Fsp3) is 0.742. The summed E-state index contributed by atoms with van der Waals surface area (Å²) in [4.78, 5) is 13.3. The molecule has 2 aliphatic heterocycles. The van der Waals surface area contributed by atoms with E-state index < -0.39 is 86.8 Å². The number of hydrogen-bond donors (Lipinski definition) is 9. The van der Waals surface area contributed by atoms with Crippen molar-refractivity contribution in [3.8, 4) is 0 Å². The maximum absolute atomic E-state index is 13.3. The van der Waals surface area contributed by atoms with Crippen molar-refractivity contribution < 1.29 is 64.6 Å². The zero-order valence-corrected chi connectivity index (χ0v) is 49.5. The predicted molar refractivity (Wildman–Crippen MR) is 323 cm³/mol. The summed E-state index contributed by atoms with van der Waals surface area (Å²) in [5.41, 5.74) is 0. The van der Waals surface area contributed by atoms with Gasteiger partial charge in [0, 0.05) is 6.42 Å². The lowest BCUT2D eigenvalue weighted by molar-refractivity contribution is -0.359. The summed E-state index contributed by atoms with van der Waals surface area (Å²) >= 11 is 0. The zero-order chi connectivity index (χ0) is 58.1. The third-order valence-corrected chi connectivity index (χ3v) is 14.8. The van der Waals surface area contributed by atoms with Crippen LogP contribution in [0.15, 0.2) is 97.2 Å². The summed E-state index contributed by atoms with van der Waals surface area (Å²) in [6, 6.07) is -0.940. The van der Waals surface area contributed by atoms with Gasteiger partial charge in [0.25, 0.3) is 0 Å². The number of aliphatic hydroxyl groups is 8. The molecule has 9 N–H and O–H groups in total. The molecule has 0 aromatic carbocycles. The number of ether oxygens (including phenoxy) is 4. The molecule has 2 saturated heterocycles. The quantitative estimate of drug-likeness (QED) is 0.0204. The van der Waals surface area contributed by atoms with Crippen molar-refractivity contribution in [3.05, 3.63) is 97.2 Å². The average molecular weight is 1130 g/mol. The van der Waals surface area contributed by atoms with Gasteiger partial charge < -0.3 is 65.1 Å². The number of carbonyl (C=O) groups excluding carboxylic acids is 1. The standard InChI is InChI=1S/C66H113NO13/c1-3-5-7-9-11-13-15-17-19-21-23-25-26-27-28-30-32-34-36-38-40-42-44-46-48-50-58(71)67-54(55(70)49-47-45-43-41-39-37-35-33-31-29-24-22-20-18-16-14-12-10-8-6-4-2)53-77-65-63(76)61(74)64(57(52-69)79-65)80-66-62(75)60(73)59(72)56(51-68)78-66/h5,7,11,13,17,19,23,25,27-28,32,34,38,40,47,49,54-57,59-66,68-70,72-76H,3-4,6,8-10,12,14-16,18,20-22,24,26,29-31,33,35-37,39,41-46,48,50-53H2,1-2H3,(H,67,71)/b7-5-,13-11-,19-17-,25-23-,28-27-,34-32-,40-38-,49-47+. The molecule has 14 heteroatoms. The monoisotopic (exact) mass is 1130 g/mol. The largest absolute Gasteiger partial charge is 0.394 e. The van der Waals surface area contributed by atoms with E-state index in [4.69, 9.17) is 18.9 Å². The number of nitrogens with one attached hydrogen (secondary N) is 1. The number of aliphatic hydroxyl groups excluding tert-OH is 8. The van der Waals surface area contributed by atoms with Crippen LogP contribution in [0, 0.1) is 0 Å². The molecule has 0 aromatic rings. The van der Waals surface area contributed by atoms with Crippen LogP contribution >= 0.6 is 0 Å². The van der Waals surface area contributed by atoms with E-state index in [1.54, 1.807) is 6.08 Å². The minimum absolute atomic E-state index is 0.235. The van der Waals surface area contributed by atoms with E-state index in [0.717, 1.165) is 83.5 Å². The Labute approximate surface area is 483 Å². The predicted octanol–water partition coefficient (Wildman–Crippen LogP) is 11.4. The second kappa shape index (κ2) is 50.4. The third-order valence-electron chi connectivity index (χ3n) is 14.8. The van der Waals surface area contributed by atoms with Gasteiger partial charge in [-0.25, -0.2) is 0 Å². The van der Waals surface area contributed by atoms with Crippen molar-refractivity contribution in [2.75, 3.05) is 19.8 Å². The van der Waals surface area contributed by atoms with E-state index in [-0.39, 0.29) is 18.9 Å². The summed E-state index contributed by atoms with van der Waals surface area (Å²) < 4.78 is 22.8. The molecule has 14 nitrogen and oxygen atoms in total. The fourth-order valence-electron chi connectivity index (χ4n) is 9.74. The molecule has 0 saturated carbocycles. The molecule has 0 aromatic heterocycles. The van der Waals surface area contributed by atoms with Gasteiger partial charge in [0.2, 0.25) is 5.91 Å². The summed E-state index contributed by atoms with van der Waals surface area (Å²) in [6.45, 7) is 2.66. The molecule has 12 atom stereocenters. The molecular weight excluding hydrogens is 1010 g/mol. The Morgan fingerprint density at radius 1 is 0.463 bits per heavy atom. The molecule has 460 valence electrons. The van der Waals surface area contributed by atoms with E-state index in [1.165, 1.54) is 109 Å². The molecule has 1 amide bonds. The maximum Gasteiger partial charge on any atom is 0.220 e. The van der Waals surface area contributed by atoms with Gasteiger partial charge in [-0.3, -0.25) is 4.79 Å². The first-order valence-electron chi connectivity index (χ1n) is 31.5. The van der Waals surface area contributed by atoms with Crippen molar-refractivity contribution in [2.24, 2.45) is 0 Å². The third kappa shape index (κ3) is 35.1.